The molecule has 2 aromatic carbocycles. The van der Waals surface area contributed by atoms with Gasteiger partial charge in [-0.15, -0.1) is 0 Å². The maximum Gasteiger partial charge on any atom is 0.217 e. The van der Waals surface area contributed by atoms with Crippen molar-refractivity contribution in [3.05, 3.63) is 65.2 Å². The van der Waals surface area contributed by atoms with Crippen molar-refractivity contribution in [2.24, 2.45) is 0 Å². The summed E-state index contributed by atoms with van der Waals surface area (Å²) in [5, 5.41) is 1.31. The van der Waals surface area contributed by atoms with Gasteiger partial charge in [0.25, 0.3) is 0 Å². The number of aryl methyl sites for hydroxylation is 2. The van der Waals surface area contributed by atoms with E-state index in [2.05, 4.69) is 62.4 Å². The van der Waals surface area contributed by atoms with E-state index in [0.29, 0.717) is 0 Å². The van der Waals surface area contributed by atoms with Crippen LogP contribution < -0.4 is 5.30 Å². The Bertz CT molecular complexity index is 529. The molecule has 2 aromatic rings. The molecule has 0 aliphatic heterocycles. The van der Waals surface area contributed by atoms with Crippen molar-refractivity contribution < 1.29 is 0 Å². The van der Waals surface area contributed by atoms with Crippen LogP contribution in [0.4, 0.5) is 0 Å². The highest BCUT2D eigenvalue weighted by Crippen LogP contribution is 2.26. The van der Waals surface area contributed by atoms with Gasteiger partial charge in [-0.25, -0.2) is 0 Å². The number of hydrogen-bond donors (Lipinski definition) is 0. The van der Waals surface area contributed by atoms with E-state index < -0.39 is 6.70 Å². The summed E-state index contributed by atoms with van der Waals surface area (Å²) in [6.45, 7) is 3.74. The third-order valence-electron chi connectivity index (χ3n) is 2.73. The molecular weight excluding hydrogens is 243 g/mol. The molecule has 1 atom stereocenters. The van der Waals surface area contributed by atoms with Crippen LogP contribution in [0.2, 0.25) is 0 Å². The van der Waals surface area contributed by atoms with E-state index in [-0.39, 0.29) is 0 Å². The van der Waals surface area contributed by atoms with Gasteiger partial charge >= 0.3 is 0 Å². The van der Waals surface area contributed by atoms with Gasteiger partial charge in [0.1, 0.15) is 6.16 Å². The Labute approximate surface area is 109 Å². The van der Waals surface area contributed by atoms with Crippen LogP contribution in [0.5, 0.6) is 0 Å². The summed E-state index contributed by atoms with van der Waals surface area (Å²) in [7, 11) is 0. The van der Waals surface area contributed by atoms with Gasteiger partial charge < -0.3 is 0 Å². The summed E-state index contributed by atoms with van der Waals surface area (Å²) in [6, 6.07) is 17.3. The van der Waals surface area contributed by atoms with Gasteiger partial charge in [0.2, 0.25) is 6.70 Å². The first kappa shape index (κ1) is 12.4. The molecule has 86 valence electrons. The standard InChI is InChI=1S/C15H16PS/c1-12-6-8-15(9-7-12)16(17)11-14-5-3-4-13(2)10-14/h3-10H,11H2,1-2H3/q+1. The first-order valence-corrected chi connectivity index (χ1v) is 8.26. The maximum atomic E-state index is 5.64. The van der Waals surface area contributed by atoms with Crippen LogP contribution in [0.3, 0.4) is 0 Å². The van der Waals surface area contributed by atoms with Crippen LogP contribution in [0, 0.1) is 13.8 Å². The summed E-state index contributed by atoms with van der Waals surface area (Å²) in [5.74, 6) is 0. The predicted molar refractivity (Wildman–Crippen MR) is 80.0 cm³/mol. The van der Waals surface area contributed by atoms with Crippen LogP contribution >= 0.6 is 6.70 Å². The average molecular weight is 259 g/mol. The molecule has 2 heteroatoms. The number of benzene rings is 2. The Morgan fingerprint density at radius 1 is 0.941 bits per heavy atom. The molecule has 0 amide bonds. The van der Waals surface area contributed by atoms with E-state index >= 15 is 0 Å². The zero-order valence-corrected chi connectivity index (χ0v) is 11.9. The predicted octanol–water partition coefficient (Wildman–Crippen LogP) is 4.07. The van der Waals surface area contributed by atoms with E-state index in [1.807, 2.05) is 0 Å². The second-order valence-electron chi connectivity index (χ2n) is 4.36. The van der Waals surface area contributed by atoms with E-state index in [1.165, 1.54) is 22.0 Å². The molecule has 0 radical (unpaired) electrons. The molecule has 0 fully saturated rings. The molecule has 0 saturated heterocycles. The molecule has 0 spiro atoms. The minimum absolute atomic E-state index is 0.493. The lowest BCUT2D eigenvalue weighted by atomic mass is 10.2. The van der Waals surface area contributed by atoms with Gasteiger partial charge in [-0.1, -0.05) is 47.5 Å². The van der Waals surface area contributed by atoms with Gasteiger partial charge in [-0.2, -0.15) is 0 Å². The van der Waals surface area contributed by atoms with Gasteiger partial charge in [-0.05, 0) is 31.5 Å². The maximum absolute atomic E-state index is 5.64. The van der Waals surface area contributed by atoms with Gasteiger partial charge in [0.05, 0.1) is 0 Å². The highest BCUT2D eigenvalue weighted by atomic mass is 32.4. The van der Waals surface area contributed by atoms with Crippen molar-refractivity contribution >= 4 is 23.8 Å². The van der Waals surface area contributed by atoms with Gasteiger partial charge in [0, 0.05) is 0 Å². The van der Waals surface area contributed by atoms with Crippen LogP contribution in [0.15, 0.2) is 48.5 Å². The lowest BCUT2D eigenvalue weighted by Crippen LogP contribution is -1.97. The minimum atomic E-state index is -0.493. The molecule has 0 aromatic heterocycles. The average Bonchev–Trinajstić information content (AvgIpc) is 2.29. The smallest absolute Gasteiger partial charge is 0.0616 e. The summed E-state index contributed by atoms with van der Waals surface area (Å²) in [4.78, 5) is 0. The fraction of sp³-hybridized carbons (Fsp3) is 0.200. The van der Waals surface area contributed by atoms with E-state index in [1.54, 1.807) is 0 Å². The highest BCUT2D eigenvalue weighted by Gasteiger charge is 2.14. The molecule has 0 nitrogen and oxygen atoms in total. The second-order valence-corrected chi connectivity index (χ2v) is 7.27. The Kier molecular flexibility index (Phi) is 4.04. The van der Waals surface area contributed by atoms with Crippen molar-refractivity contribution in [1.82, 2.24) is 0 Å². The molecular formula is C15H16PS+. The minimum Gasteiger partial charge on any atom is -0.0616 e. The largest absolute Gasteiger partial charge is 0.217 e. The molecule has 17 heavy (non-hydrogen) atoms. The topological polar surface area (TPSA) is 0 Å². The first-order valence-electron chi connectivity index (χ1n) is 5.72. The van der Waals surface area contributed by atoms with Crippen molar-refractivity contribution in [3.8, 4) is 0 Å². The molecule has 0 heterocycles. The molecule has 1 unspecified atom stereocenters. The quantitative estimate of drug-likeness (QED) is 0.749. The van der Waals surface area contributed by atoms with E-state index in [9.17, 15) is 0 Å². The molecule has 0 aliphatic rings. The van der Waals surface area contributed by atoms with Crippen molar-refractivity contribution in [1.29, 1.82) is 0 Å². The molecule has 0 aliphatic carbocycles. The molecule has 0 bridgehead atoms. The first-order chi connectivity index (χ1) is 8.15. The Balaban J connectivity index is 2.14. The third kappa shape index (κ3) is 3.46. The Hall–Kier alpha value is -1.04. The SMILES string of the molecule is Cc1ccc([P+](=S)Cc2cccc(C)c2)cc1. The summed E-state index contributed by atoms with van der Waals surface area (Å²) >= 11 is 5.64. The van der Waals surface area contributed by atoms with Crippen LogP contribution in [-0.4, -0.2) is 0 Å². The van der Waals surface area contributed by atoms with Crippen LogP contribution in [-0.2, 0) is 18.0 Å². The molecule has 0 saturated carbocycles. The van der Waals surface area contributed by atoms with Gasteiger partial charge in [-0.3, -0.25) is 0 Å². The molecule has 0 N–H and O–H groups in total. The van der Waals surface area contributed by atoms with Crippen molar-refractivity contribution in [2.75, 3.05) is 0 Å². The normalized spacial score (nSPS) is 11.3. The monoisotopic (exact) mass is 259 g/mol. The van der Waals surface area contributed by atoms with E-state index in [4.69, 9.17) is 11.8 Å². The van der Waals surface area contributed by atoms with Crippen molar-refractivity contribution in [3.63, 3.8) is 0 Å². The van der Waals surface area contributed by atoms with Gasteiger partial charge in [0.15, 0.2) is 17.1 Å². The summed E-state index contributed by atoms with van der Waals surface area (Å²) in [5.41, 5.74) is 3.96. The highest BCUT2D eigenvalue weighted by molar-refractivity contribution is 8.08. The molecule has 2 rings (SSSR count). The zero-order valence-electron chi connectivity index (χ0n) is 10.2. The zero-order chi connectivity index (χ0) is 12.3. The fourth-order valence-electron chi connectivity index (χ4n) is 1.78. The Morgan fingerprint density at radius 2 is 1.65 bits per heavy atom. The summed E-state index contributed by atoms with van der Waals surface area (Å²) < 4.78 is 0. The van der Waals surface area contributed by atoms with E-state index in [0.717, 1.165) is 6.16 Å². The fourth-order valence-corrected chi connectivity index (χ4v) is 3.78. The lowest BCUT2D eigenvalue weighted by Gasteiger charge is -1.97. The summed E-state index contributed by atoms with van der Waals surface area (Å²) in [6.07, 6.45) is 0.995. The Morgan fingerprint density at radius 3 is 2.29 bits per heavy atom. The lowest BCUT2D eigenvalue weighted by molar-refractivity contribution is 1.35. The van der Waals surface area contributed by atoms with Crippen molar-refractivity contribution in [2.45, 2.75) is 20.0 Å². The second kappa shape index (κ2) is 5.53. The van der Waals surface area contributed by atoms with Crippen LogP contribution in [0.25, 0.3) is 0 Å². The number of rotatable bonds is 3. The van der Waals surface area contributed by atoms with Crippen LogP contribution in [0.1, 0.15) is 16.7 Å². The number of hydrogen-bond acceptors (Lipinski definition) is 1. The third-order valence-corrected chi connectivity index (χ3v) is 5.28.